The number of carbonyl (C=O) groups excluding carboxylic acids is 1. The van der Waals surface area contributed by atoms with Crippen molar-refractivity contribution in [2.75, 3.05) is 19.7 Å². The van der Waals surface area contributed by atoms with E-state index in [1.807, 2.05) is 19.1 Å². The van der Waals surface area contributed by atoms with Crippen molar-refractivity contribution in [3.63, 3.8) is 0 Å². The lowest BCUT2D eigenvalue weighted by atomic mass is 10.2. The molecule has 0 aliphatic heterocycles. The molecule has 0 atom stereocenters. The summed E-state index contributed by atoms with van der Waals surface area (Å²) in [6.45, 7) is 1.67. The molecule has 0 unspecified atom stereocenters. The fourth-order valence-electron chi connectivity index (χ4n) is 1.58. The number of para-hydroxylation sites is 1. The van der Waals surface area contributed by atoms with Gasteiger partial charge in [0.2, 0.25) is 0 Å². The summed E-state index contributed by atoms with van der Waals surface area (Å²) >= 11 is 0. The van der Waals surface area contributed by atoms with Crippen LogP contribution in [0, 0.1) is 0 Å². The van der Waals surface area contributed by atoms with E-state index in [1.54, 1.807) is 17.4 Å². The highest BCUT2D eigenvalue weighted by Crippen LogP contribution is 2.17. The lowest BCUT2D eigenvalue weighted by Crippen LogP contribution is -2.36. The van der Waals surface area contributed by atoms with E-state index in [2.05, 4.69) is 5.32 Å². The first-order valence-corrected chi connectivity index (χ1v) is 6.67. The average molecular weight is 304 g/mol. The Bertz CT molecular complexity index is 450. The number of hydrogen-bond acceptors (Lipinski definition) is 3. The molecule has 0 aromatic heterocycles. The molecule has 0 fully saturated rings. The van der Waals surface area contributed by atoms with E-state index in [0.717, 1.165) is 18.5 Å². The first kappa shape index (κ1) is 17.3. The van der Waals surface area contributed by atoms with Crippen LogP contribution in [0.25, 0.3) is 0 Å². The van der Waals surface area contributed by atoms with Crippen molar-refractivity contribution in [2.45, 2.75) is 26.1 Å². The van der Waals surface area contributed by atoms with Crippen LogP contribution in [0.15, 0.2) is 24.3 Å². The lowest BCUT2D eigenvalue weighted by Gasteiger charge is -2.12. The minimum atomic E-state index is -4.42. The van der Waals surface area contributed by atoms with Crippen molar-refractivity contribution in [1.82, 2.24) is 10.6 Å². The maximum Gasteiger partial charge on any atom is 0.405 e. The van der Waals surface area contributed by atoms with Crippen LogP contribution in [0.4, 0.5) is 13.2 Å². The van der Waals surface area contributed by atoms with Crippen molar-refractivity contribution < 1.29 is 22.7 Å². The van der Waals surface area contributed by atoms with Gasteiger partial charge in [-0.3, -0.25) is 4.79 Å². The summed E-state index contributed by atoms with van der Waals surface area (Å²) in [4.78, 5) is 11.3. The summed E-state index contributed by atoms with van der Waals surface area (Å²) in [5.74, 6) is -0.313. The van der Waals surface area contributed by atoms with Crippen LogP contribution in [0.2, 0.25) is 0 Å². The maximum absolute atomic E-state index is 12.0. The molecule has 1 amide bonds. The van der Waals surface area contributed by atoms with Crippen molar-refractivity contribution in [1.29, 1.82) is 0 Å². The number of nitrogens with one attached hydrogen (secondary N) is 2. The Morgan fingerprint density at radius 1 is 1.29 bits per heavy atom. The minimum absolute atomic E-state index is 0.444. The number of rotatable bonds is 8. The Morgan fingerprint density at radius 2 is 2.00 bits per heavy atom. The Morgan fingerprint density at radius 3 is 2.67 bits per heavy atom. The number of alkyl halides is 3. The summed E-state index contributed by atoms with van der Waals surface area (Å²) in [7, 11) is 0. The van der Waals surface area contributed by atoms with Gasteiger partial charge >= 0.3 is 6.18 Å². The summed E-state index contributed by atoms with van der Waals surface area (Å²) in [6.07, 6.45) is -3.43. The molecule has 7 heteroatoms. The maximum atomic E-state index is 12.0. The van der Waals surface area contributed by atoms with Crippen LogP contribution < -0.4 is 15.4 Å². The van der Waals surface area contributed by atoms with Gasteiger partial charge in [-0.1, -0.05) is 25.1 Å². The number of halogens is 3. The third-order valence-corrected chi connectivity index (χ3v) is 2.56. The zero-order valence-corrected chi connectivity index (χ0v) is 11.8. The third-order valence-electron chi connectivity index (χ3n) is 2.56. The molecule has 0 heterocycles. The third kappa shape index (κ3) is 7.55. The molecule has 0 aliphatic rings. The molecule has 1 aromatic carbocycles. The van der Waals surface area contributed by atoms with Gasteiger partial charge in [0.05, 0.1) is 0 Å². The van der Waals surface area contributed by atoms with Gasteiger partial charge in [0.15, 0.2) is 6.61 Å². The van der Waals surface area contributed by atoms with Crippen LogP contribution in [0.3, 0.4) is 0 Å². The van der Waals surface area contributed by atoms with Gasteiger partial charge in [-0.25, -0.2) is 0 Å². The molecule has 0 saturated carbocycles. The zero-order valence-electron chi connectivity index (χ0n) is 11.8. The SMILES string of the molecule is CCCNCc1ccccc1OCC(=O)NCC(F)(F)F. The van der Waals surface area contributed by atoms with Crippen LogP contribution in [0.5, 0.6) is 5.75 Å². The quantitative estimate of drug-likeness (QED) is 0.724. The Kier molecular flexibility index (Phi) is 7.01. The van der Waals surface area contributed by atoms with E-state index in [0.29, 0.717) is 12.3 Å². The van der Waals surface area contributed by atoms with Crippen LogP contribution in [0.1, 0.15) is 18.9 Å². The zero-order chi connectivity index (χ0) is 15.7. The normalized spacial score (nSPS) is 11.2. The second kappa shape index (κ2) is 8.51. The molecule has 1 aromatic rings. The highest BCUT2D eigenvalue weighted by molar-refractivity contribution is 5.77. The van der Waals surface area contributed by atoms with Gasteiger partial charge in [0.25, 0.3) is 5.91 Å². The molecule has 1 rings (SSSR count). The van der Waals surface area contributed by atoms with Crippen molar-refractivity contribution in [3.8, 4) is 5.75 Å². The first-order chi connectivity index (χ1) is 9.92. The van der Waals surface area contributed by atoms with Crippen LogP contribution in [-0.4, -0.2) is 31.8 Å². The van der Waals surface area contributed by atoms with E-state index >= 15 is 0 Å². The van der Waals surface area contributed by atoms with E-state index in [1.165, 1.54) is 0 Å². The van der Waals surface area contributed by atoms with Gasteiger partial charge in [0.1, 0.15) is 12.3 Å². The smallest absolute Gasteiger partial charge is 0.405 e. The predicted molar refractivity (Wildman–Crippen MR) is 73.0 cm³/mol. The monoisotopic (exact) mass is 304 g/mol. The summed E-state index contributed by atoms with van der Waals surface area (Å²) < 4.78 is 41.1. The molecule has 0 aliphatic carbocycles. The van der Waals surface area contributed by atoms with E-state index in [4.69, 9.17) is 4.74 Å². The highest BCUT2D eigenvalue weighted by Gasteiger charge is 2.27. The van der Waals surface area contributed by atoms with E-state index in [-0.39, 0.29) is 0 Å². The lowest BCUT2D eigenvalue weighted by molar-refractivity contribution is -0.139. The Hall–Kier alpha value is -1.76. The molecule has 0 bridgehead atoms. The fourth-order valence-corrected chi connectivity index (χ4v) is 1.58. The Labute approximate surface area is 121 Å². The van der Waals surface area contributed by atoms with Crippen LogP contribution >= 0.6 is 0 Å². The van der Waals surface area contributed by atoms with Gasteiger partial charge in [-0.2, -0.15) is 13.2 Å². The van der Waals surface area contributed by atoms with E-state index in [9.17, 15) is 18.0 Å². The largest absolute Gasteiger partial charge is 0.483 e. The van der Waals surface area contributed by atoms with Gasteiger partial charge in [0, 0.05) is 12.1 Å². The number of benzene rings is 1. The van der Waals surface area contributed by atoms with Crippen LogP contribution in [-0.2, 0) is 11.3 Å². The average Bonchev–Trinajstić information content (AvgIpc) is 2.43. The molecule has 0 saturated heterocycles. The summed E-state index contributed by atoms with van der Waals surface area (Å²) in [5.41, 5.74) is 0.856. The molecule has 0 radical (unpaired) electrons. The molecule has 0 spiro atoms. The predicted octanol–water partition coefficient (Wildman–Crippen LogP) is 2.24. The summed E-state index contributed by atoms with van der Waals surface area (Å²) in [5, 5.41) is 4.96. The molecule has 4 nitrogen and oxygen atoms in total. The second-order valence-electron chi connectivity index (χ2n) is 4.47. The molecule has 118 valence electrons. The number of hydrogen-bond donors (Lipinski definition) is 2. The first-order valence-electron chi connectivity index (χ1n) is 6.67. The molecular formula is C14H19F3N2O2. The highest BCUT2D eigenvalue weighted by atomic mass is 19.4. The minimum Gasteiger partial charge on any atom is -0.483 e. The molecule has 21 heavy (non-hydrogen) atoms. The standard InChI is InChI=1S/C14H19F3N2O2/c1-2-7-18-8-11-5-3-4-6-12(11)21-9-13(20)19-10-14(15,16)17/h3-6,18H,2,7-10H2,1H3,(H,19,20). The Balaban J connectivity index is 2.45. The second-order valence-corrected chi connectivity index (χ2v) is 4.47. The summed E-state index contributed by atoms with van der Waals surface area (Å²) in [6, 6.07) is 7.09. The topological polar surface area (TPSA) is 50.4 Å². The van der Waals surface area contributed by atoms with Gasteiger partial charge < -0.3 is 15.4 Å². The number of ether oxygens (including phenoxy) is 1. The van der Waals surface area contributed by atoms with Crippen molar-refractivity contribution in [2.24, 2.45) is 0 Å². The van der Waals surface area contributed by atoms with Crippen molar-refractivity contribution in [3.05, 3.63) is 29.8 Å². The fraction of sp³-hybridized carbons (Fsp3) is 0.500. The van der Waals surface area contributed by atoms with Crippen molar-refractivity contribution >= 4 is 5.91 Å². The number of carbonyl (C=O) groups is 1. The number of amides is 1. The van der Waals surface area contributed by atoms with E-state index < -0.39 is 25.2 Å². The molecular weight excluding hydrogens is 285 g/mol. The van der Waals surface area contributed by atoms with Gasteiger partial charge in [-0.05, 0) is 19.0 Å². The van der Waals surface area contributed by atoms with Gasteiger partial charge in [-0.15, -0.1) is 0 Å². The molecule has 2 N–H and O–H groups in total.